The molecule has 0 aromatic carbocycles. The zero-order valence-corrected chi connectivity index (χ0v) is 9.55. The van der Waals surface area contributed by atoms with E-state index in [2.05, 4.69) is 5.32 Å². The smallest absolute Gasteiger partial charge is 0.326 e. The van der Waals surface area contributed by atoms with Gasteiger partial charge in [0.05, 0.1) is 6.10 Å². The number of hydrogen-bond acceptors (Lipinski definition) is 4. The summed E-state index contributed by atoms with van der Waals surface area (Å²) in [7, 11) is 0. The average molecular weight is 244 g/mol. The van der Waals surface area contributed by atoms with Crippen LogP contribution in [0.4, 0.5) is 0 Å². The molecule has 1 rings (SSSR count). The Morgan fingerprint density at radius 1 is 1.41 bits per heavy atom. The van der Waals surface area contributed by atoms with Crippen molar-refractivity contribution in [2.45, 2.75) is 31.9 Å². The van der Waals surface area contributed by atoms with Gasteiger partial charge in [-0.1, -0.05) is 0 Å². The van der Waals surface area contributed by atoms with Crippen LogP contribution in [0.2, 0.25) is 0 Å². The Hall–Kier alpha value is -1.63. The molecular formula is C10H16N2O5. The molecule has 96 valence electrons. The quantitative estimate of drug-likeness (QED) is 0.561. The third-order valence-corrected chi connectivity index (χ3v) is 2.60. The molecule has 17 heavy (non-hydrogen) atoms. The van der Waals surface area contributed by atoms with Crippen LogP contribution in [0.15, 0.2) is 0 Å². The van der Waals surface area contributed by atoms with Crippen molar-refractivity contribution in [1.82, 2.24) is 10.2 Å². The number of nitrogens with zero attached hydrogens (tertiary/aromatic N) is 1. The van der Waals surface area contributed by atoms with E-state index in [0.29, 0.717) is 0 Å². The number of carbonyl (C=O) groups is 3. The van der Waals surface area contributed by atoms with Crippen molar-refractivity contribution < 1.29 is 24.6 Å². The number of rotatable bonds is 4. The van der Waals surface area contributed by atoms with Crippen LogP contribution in [-0.4, -0.2) is 58.1 Å². The van der Waals surface area contributed by atoms with Crippen molar-refractivity contribution in [3.8, 4) is 0 Å². The molecule has 2 amide bonds. The molecule has 0 bridgehead atoms. The standard InChI is InChI=1S/C10H16N2O5/c1-6(13)11-3-2-9(15)12-5-7(14)4-8(12)10(16)17/h7-8,14H,2-5H2,1H3,(H,11,13)(H,16,17). The molecule has 1 saturated heterocycles. The van der Waals surface area contributed by atoms with E-state index in [1.807, 2.05) is 0 Å². The highest BCUT2D eigenvalue weighted by molar-refractivity contribution is 5.85. The van der Waals surface area contributed by atoms with Crippen LogP contribution in [0.3, 0.4) is 0 Å². The fourth-order valence-corrected chi connectivity index (χ4v) is 1.81. The number of aliphatic hydroxyl groups is 1. The summed E-state index contributed by atoms with van der Waals surface area (Å²) in [5, 5.41) is 20.7. The minimum atomic E-state index is -1.12. The number of likely N-dealkylation sites (tertiary alicyclic amines) is 1. The first-order chi connectivity index (χ1) is 7.91. The maximum absolute atomic E-state index is 11.7. The van der Waals surface area contributed by atoms with E-state index < -0.39 is 18.1 Å². The third-order valence-electron chi connectivity index (χ3n) is 2.60. The van der Waals surface area contributed by atoms with E-state index in [1.54, 1.807) is 0 Å². The predicted molar refractivity (Wildman–Crippen MR) is 57.1 cm³/mol. The zero-order chi connectivity index (χ0) is 13.0. The number of hydrogen-bond donors (Lipinski definition) is 3. The third kappa shape index (κ3) is 3.70. The highest BCUT2D eigenvalue weighted by Gasteiger charge is 2.38. The highest BCUT2D eigenvalue weighted by Crippen LogP contribution is 2.18. The molecule has 0 aromatic heterocycles. The number of aliphatic carboxylic acids is 1. The van der Waals surface area contributed by atoms with Gasteiger partial charge in [0.15, 0.2) is 0 Å². The first kappa shape index (κ1) is 13.4. The van der Waals surface area contributed by atoms with Crippen molar-refractivity contribution in [2.75, 3.05) is 13.1 Å². The van der Waals surface area contributed by atoms with Gasteiger partial charge in [0, 0.05) is 32.9 Å². The summed E-state index contributed by atoms with van der Waals surface area (Å²) in [6.45, 7) is 1.55. The van der Waals surface area contributed by atoms with Gasteiger partial charge in [-0.2, -0.15) is 0 Å². The molecule has 2 atom stereocenters. The van der Waals surface area contributed by atoms with Crippen LogP contribution < -0.4 is 5.32 Å². The monoisotopic (exact) mass is 244 g/mol. The number of amides is 2. The Balaban J connectivity index is 2.49. The molecule has 3 N–H and O–H groups in total. The Labute approximate surface area is 98.4 Å². The zero-order valence-electron chi connectivity index (χ0n) is 9.55. The normalized spacial score (nSPS) is 23.5. The molecule has 0 radical (unpaired) electrons. The number of β-amino-alcohol motifs (C(OH)–C–C–N with tert-alkyl or cyclic N) is 1. The lowest BCUT2D eigenvalue weighted by Crippen LogP contribution is -2.41. The fraction of sp³-hybridized carbons (Fsp3) is 0.700. The van der Waals surface area contributed by atoms with E-state index in [4.69, 9.17) is 5.11 Å². The Morgan fingerprint density at radius 2 is 2.06 bits per heavy atom. The molecule has 0 aliphatic carbocycles. The van der Waals surface area contributed by atoms with Crippen molar-refractivity contribution in [1.29, 1.82) is 0 Å². The van der Waals surface area contributed by atoms with E-state index in [0.717, 1.165) is 4.90 Å². The average Bonchev–Trinajstić information content (AvgIpc) is 2.59. The van der Waals surface area contributed by atoms with Crippen LogP contribution in [-0.2, 0) is 14.4 Å². The Morgan fingerprint density at radius 3 is 2.59 bits per heavy atom. The van der Waals surface area contributed by atoms with Crippen LogP contribution >= 0.6 is 0 Å². The van der Waals surface area contributed by atoms with E-state index in [9.17, 15) is 19.5 Å². The largest absolute Gasteiger partial charge is 0.480 e. The van der Waals surface area contributed by atoms with E-state index in [1.165, 1.54) is 6.92 Å². The van der Waals surface area contributed by atoms with Gasteiger partial charge in [0.25, 0.3) is 0 Å². The summed E-state index contributed by atoms with van der Waals surface area (Å²) in [5.74, 6) is -1.73. The van der Waals surface area contributed by atoms with Crippen LogP contribution in [0, 0.1) is 0 Å². The summed E-state index contributed by atoms with van der Waals surface area (Å²) in [6, 6.07) is -0.963. The minimum Gasteiger partial charge on any atom is -0.480 e. The molecular weight excluding hydrogens is 228 g/mol. The molecule has 1 heterocycles. The lowest BCUT2D eigenvalue weighted by molar-refractivity contribution is -0.148. The first-order valence-electron chi connectivity index (χ1n) is 5.36. The van der Waals surface area contributed by atoms with Gasteiger partial charge in [0.1, 0.15) is 6.04 Å². The van der Waals surface area contributed by atoms with Gasteiger partial charge in [-0.25, -0.2) is 4.79 Å². The maximum Gasteiger partial charge on any atom is 0.326 e. The SMILES string of the molecule is CC(=O)NCCC(=O)N1CC(O)CC1C(=O)O. The second-order valence-corrected chi connectivity index (χ2v) is 4.02. The number of nitrogens with one attached hydrogen (secondary N) is 1. The molecule has 0 aromatic rings. The summed E-state index contributed by atoms with van der Waals surface area (Å²) < 4.78 is 0. The second-order valence-electron chi connectivity index (χ2n) is 4.02. The van der Waals surface area contributed by atoms with E-state index >= 15 is 0 Å². The molecule has 7 heteroatoms. The molecule has 0 saturated carbocycles. The van der Waals surface area contributed by atoms with Gasteiger partial charge in [-0.15, -0.1) is 0 Å². The highest BCUT2D eigenvalue weighted by atomic mass is 16.4. The summed E-state index contributed by atoms with van der Waals surface area (Å²) in [4.78, 5) is 34.3. The van der Waals surface area contributed by atoms with Gasteiger partial charge in [-0.05, 0) is 0 Å². The molecule has 2 unspecified atom stereocenters. The van der Waals surface area contributed by atoms with Crippen molar-refractivity contribution in [3.05, 3.63) is 0 Å². The fourth-order valence-electron chi connectivity index (χ4n) is 1.81. The Kier molecular flexibility index (Phi) is 4.45. The topological polar surface area (TPSA) is 107 Å². The van der Waals surface area contributed by atoms with Gasteiger partial charge < -0.3 is 20.4 Å². The molecule has 7 nitrogen and oxygen atoms in total. The van der Waals surface area contributed by atoms with Crippen molar-refractivity contribution in [3.63, 3.8) is 0 Å². The summed E-state index contributed by atoms with van der Waals surface area (Å²) in [5.41, 5.74) is 0. The van der Waals surface area contributed by atoms with E-state index in [-0.39, 0.29) is 37.7 Å². The molecule has 0 spiro atoms. The van der Waals surface area contributed by atoms with Crippen molar-refractivity contribution >= 4 is 17.8 Å². The lowest BCUT2D eigenvalue weighted by Gasteiger charge is -2.21. The summed E-state index contributed by atoms with van der Waals surface area (Å²) >= 11 is 0. The summed E-state index contributed by atoms with van der Waals surface area (Å²) in [6.07, 6.45) is -0.696. The van der Waals surface area contributed by atoms with Gasteiger partial charge >= 0.3 is 5.97 Å². The van der Waals surface area contributed by atoms with Crippen LogP contribution in [0.25, 0.3) is 0 Å². The second kappa shape index (κ2) is 5.62. The van der Waals surface area contributed by atoms with Crippen molar-refractivity contribution in [2.24, 2.45) is 0 Å². The molecule has 1 fully saturated rings. The van der Waals surface area contributed by atoms with Gasteiger partial charge in [0.2, 0.25) is 11.8 Å². The lowest BCUT2D eigenvalue weighted by atomic mass is 10.2. The Bertz CT molecular complexity index is 331. The number of carboxylic acid groups (broad SMARTS) is 1. The predicted octanol–water partition coefficient (Wildman–Crippen LogP) is -1.44. The maximum atomic E-state index is 11.7. The molecule has 1 aliphatic rings. The van der Waals surface area contributed by atoms with Crippen LogP contribution in [0.1, 0.15) is 19.8 Å². The number of carboxylic acids is 1. The minimum absolute atomic E-state index is 0.0376. The van der Waals surface area contributed by atoms with Gasteiger partial charge in [-0.3, -0.25) is 9.59 Å². The first-order valence-corrected chi connectivity index (χ1v) is 5.36. The molecule has 1 aliphatic heterocycles. The number of aliphatic hydroxyl groups excluding tert-OH is 1. The van der Waals surface area contributed by atoms with Crippen LogP contribution in [0.5, 0.6) is 0 Å². The number of carbonyl (C=O) groups excluding carboxylic acids is 2.